The number of carbonyl (C=O) groups is 1. The summed E-state index contributed by atoms with van der Waals surface area (Å²) < 4.78 is 1.28. The van der Waals surface area contributed by atoms with E-state index in [9.17, 15) is 4.79 Å². The van der Waals surface area contributed by atoms with Gasteiger partial charge in [-0.3, -0.25) is 4.79 Å². The molecule has 0 unspecified atom stereocenters. The summed E-state index contributed by atoms with van der Waals surface area (Å²) >= 11 is 0. The van der Waals surface area contributed by atoms with Gasteiger partial charge < -0.3 is 9.59 Å². The number of carboxylic acid groups (broad SMARTS) is 1. The number of hydrogen-bond acceptors (Lipinski definition) is 1. The highest BCUT2D eigenvalue weighted by molar-refractivity contribution is 8.93. The Balaban J connectivity index is -0.000000277. The molecule has 0 bridgehead atoms. The monoisotopic (exact) mass is 354 g/mol. The van der Waals surface area contributed by atoms with E-state index in [0.29, 0.717) is 6.42 Å². The average molecular weight is 355 g/mol. The molecule has 3 nitrogen and oxygen atoms in total. The van der Waals surface area contributed by atoms with Gasteiger partial charge >= 0.3 is 5.97 Å². The first kappa shape index (κ1) is 24.9. The third-order valence-electron chi connectivity index (χ3n) is 4.18. The molecule has 0 rings (SSSR count). The number of carboxylic acids is 1. The Kier molecular flexibility index (Phi) is 21.1. The van der Waals surface area contributed by atoms with Crippen molar-refractivity contribution in [1.29, 1.82) is 0 Å². The van der Waals surface area contributed by atoms with Gasteiger partial charge in [-0.25, -0.2) is 0 Å². The summed E-state index contributed by atoms with van der Waals surface area (Å²) in [5, 5.41) is 8.27. The Hall–Kier alpha value is -0.0900. The molecule has 0 aliphatic carbocycles. The van der Waals surface area contributed by atoms with Crippen LogP contribution in [0.5, 0.6) is 0 Å². The second-order valence-electron chi connectivity index (χ2n) is 5.16. The van der Waals surface area contributed by atoms with Crippen LogP contribution in [0.2, 0.25) is 0 Å². The molecular weight excluding hydrogens is 318 g/mol. The molecule has 0 atom stereocenters. The lowest BCUT2D eigenvalue weighted by Crippen LogP contribution is -2.47. The quantitative estimate of drug-likeness (QED) is 0.447. The van der Waals surface area contributed by atoms with Crippen molar-refractivity contribution in [3.8, 4) is 0 Å². The van der Waals surface area contributed by atoms with Gasteiger partial charge in [0.15, 0.2) is 0 Å². The molecule has 4 heteroatoms. The minimum atomic E-state index is -0.670. The van der Waals surface area contributed by atoms with Gasteiger partial charge in [0, 0.05) is 6.42 Å². The molecule has 0 heterocycles. The van der Waals surface area contributed by atoms with E-state index in [1.165, 1.54) is 49.9 Å². The lowest BCUT2D eigenvalue weighted by molar-refractivity contribution is -0.921. The van der Waals surface area contributed by atoms with Crippen molar-refractivity contribution < 1.29 is 14.4 Å². The molecule has 0 aromatic rings. The first-order valence-corrected chi connectivity index (χ1v) is 8.08. The molecule has 0 aromatic heterocycles. The molecule has 124 valence electrons. The Morgan fingerprint density at radius 2 is 1.20 bits per heavy atom. The molecular formula is C16H37BrNO2+. The third kappa shape index (κ3) is 14.3. The highest BCUT2D eigenvalue weighted by atomic mass is 79.9. The fourth-order valence-electron chi connectivity index (χ4n) is 2.22. The maximum Gasteiger partial charge on any atom is 0.303 e. The van der Waals surface area contributed by atoms with Gasteiger partial charge in [-0.1, -0.05) is 32.6 Å². The summed E-state index contributed by atoms with van der Waals surface area (Å²) in [6.45, 7) is 16.4. The van der Waals surface area contributed by atoms with Gasteiger partial charge in [0.25, 0.3) is 0 Å². The largest absolute Gasteiger partial charge is 0.481 e. The number of hydrogen-bond donors (Lipinski definition) is 1. The smallest absolute Gasteiger partial charge is 0.303 e. The number of halogens is 1. The van der Waals surface area contributed by atoms with Crippen LogP contribution in [0.15, 0.2) is 0 Å². The summed E-state index contributed by atoms with van der Waals surface area (Å²) in [5.41, 5.74) is 0. The van der Waals surface area contributed by atoms with Gasteiger partial charge in [0.1, 0.15) is 0 Å². The van der Waals surface area contributed by atoms with E-state index in [2.05, 4.69) is 34.6 Å². The van der Waals surface area contributed by atoms with Crippen LogP contribution in [0.3, 0.4) is 0 Å². The van der Waals surface area contributed by atoms with Crippen molar-refractivity contribution >= 4 is 23.0 Å². The molecule has 0 saturated heterocycles. The average Bonchev–Trinajstić information content (AvgIpc) is 2.42. The fraction of sp³-hybridized carbons (Fsp3) is 0.938. The summed E-state index contributed by atoms with van der Waals surface area (Å²) in [6, 6.07) is 0. The zero-order valence-electron chi connectivity index (χ0n) is 14.3. The highest BCUT2D eigenvalue weighted by Gasteiger charge is 2.16. The maximum atomic E-state index is 10.0. The Bertz CT molecular complexity index is 189. The van der Waals surface area contributed by atoms with Gasteiger partial charge in [-0.15, -0.1) is 17.0 Å². The zero-order valence-corrected chi connectivity index (χ0v) is 16.0. The van der Waals surface area contributed by atoms with E-state index in [-0.39, 0.29) is 17.0 Å². The maximum absolute atomic E-state index is 10.0. The minimum absolute atomic E-state index is 0. The van der Waals surface area contributed by atoms with Gasteiger partial charge in [0.05, 0.1) is 26.2 Å². The molecule has 0 saturated carbocycles. The topological polar surface area (TPSA) is 37.3 Å². The second-order valence-corrected chi connectivity index (χ2v) is 5.16. The number of quaternary nitrogens is 1. The molecule has 0 fully saturated rings. The zero-order chi connectivity index (χ0) is 15.1. The van der Waals surface area contributed by atoms with Crippen molar-refractivity contribution in [3.05, 3.63) is 0 Å². The van der Waals surface area contributed by atoms with Gasteiger partial charge in [-0.2, -0.15) is 0 Å². The molecule has 1 N–H and O–H groups in total. The lowest BCUT2D eigenvalue weighted by atomic mass is 10.1. The SMILES string of the molecule is Br.CCCCCCCC(=O)O.CC[N+](CC)(CC)CC. The van der Waals surface area contributed by atoms with Crippen LogP contribution in [-0.4, -0.2) is 41.7 Å². The highest BCUT2D eigenvalue weighted by Crippen LogP contribution is 2.04. The second kappa shape index (κ2) is 17.0. The first-order chi connectivity index (χ1) is 9.01. The predicted molar refractivity (Wildman–Crippen MR) is 93.8 cm³/mol. The Morgan fingerprint density at radius 3 is 1.45 bits per heavy atom. The molecule has 0 spiro atoms. The molecule has 0 aliphatic rings. The first-order valence-electron chi connectivity index (χ1n) is 8.08. The van der Waals surface area contributed by atoms with Crippen molar-refractivity contribution in [3.63, 3.8) is 0 Å². The van der Waals surface area contributed by atoms with Crippen LogP contribution in [0.1, 0.15) is 73.1 Å². The standard InChI is InChI=1S/C8H20N.C8H16O2.BrH/c1-5-9(6-2,7-3)8-4;1-2-3-4-5-6-7-8(9)10;/h5-8H2,1-4H3;2-7H2,1H3,(H,9,10);1H/q+1;;. The van der Waals surface area contributed by atoms with Crippen molar-refractivity contribution in [1.82, 2.24) is 0 Å². The van der Waals surface area contributed by atoms with E-state index in [0.717, 1.165) is 12.8 Å². The van der Waals surface area contributed by atoms with Crippen LogP contribution in [0.25, 0.3) is 0 Å². The van der Waals surface area contributed by atoms with Gasteiger partial charge in [-0.05, 0) is 34.1 Å². The number of unbranched alkanes of at least 4 members (excludes halogenated alkanes) is 4. The summed E-state index contributed by atoms with van der Waals surface area (Å²) in [6.07, 6.45) is 5.88. The Morgan fingerprint density at radius 1 is 0.800 bits per heavy atom. The third-order valence-corrected chi connectivity index (χ3v) is 4.18. The van der Waals surface area contributed by atoms with E-state index < -0.39 is 5.97 Å². The van der Waals surface area contributed by atoms with Crippen molar-refractivity contribution in [2.24, 2.45) is 0 Å². The van der Waals surface area contributed by atoms with Crippen LogP contribution < -0.4 is 0 Å². The van der Waals surface area contributed by atoms with Crippen molar-refractivity contribution in [2.75, 3.05) is 26.2 Å². The Labute approximate surface area is 137 Å². The van der Waals surface area contributed by atoms with E-state index in [4.69, 9.17) is 5.11 Å². The molecule has 20 heavy (non-hydrogen) atoms. The molecule has 0 radical (unpaired) electrons. The summed E-state index contributed by atoms with van der Waals surface area (Å²) in [7, 11) is 0. The fourth-order valence-corrected chi connectivity index (χ4v) is 2.22. The number of rotatable bonds is 10. The predicted octanol–water partition coefficient (Wildman–Crippen LogP) is 4.89. The normalized spacial score (nSPS) is 10.2. The van der Waals surface area contributed by atoms with Crippen LogP contribution in [0.4, 0.5) is 0 Å². The summed E-state index contributed by atoms with van der Waals surface area (Å²) in [5.74, 6) is -0.670. The number of nitrogens with zero attached hydrogens (tertiary/aromatic N) is 1. The molecule has 0 aromatic carbocycles. The van der Waals surface area contributed by atoms with E-state index in [1.807, 2.05) is 0 Å². The minimum Gasteiger partial charge on any atom is -0.481 e. The molecule has 0 amide bonds. The van der Waals surface area contributed by atoms with Crippen molar-refractivity contribution in [2.45, 2.75) is 73.1 Å². The molecule has 0 aliphatic heterocycles. The van der Waals surface area contributed by atoms with E-state index in [1.54, 1.807) is 0 Å². The van der Waals surface area contributed by atoms with Crippen LogP contribution in [-0.2, 0) is 4.79 Å². The van der Waals surface area contributed by atoms with E-state index >= 15 is 0 Å². The van der Waals surface area contributed by atoms with Gasteiger partial charge in [0.2, 0.25) is 0 Å². The van der Waals surface area contributed by atoms with Crippen LogP contribution >= 0.6 is 17.0 Å². The number of aliphatic carboxylic acids is 1. The summed E-state index contributed by atoms with van der Waals surface area (Å²) in [4.78, 5) is 10.0. The van der Waals surface area contributed by atoms with Crippen LogP contribution in [0, 0.1) is 0 Å². The lowest BCUT2D eigenvalue weighted by Gasteiger charge is -2.34.